The molecule has 1 aromatic rings. The molecule has 0 fully saturated rings. The summed E-state index contributed by atoms with van der Waals surface area (Å²) < 4.78 is 4.71. The number of anilines is 1. The molecule has 1 rings (SSSR count). The quantitative estimate of drug-likeness (QED) is 0.242. The molecule has 1 unspecified atom stereocenters. The molecule has 10 nitrogen and oxygen atoms in total. The second-order valence-electron chi connectivity index (χ2n) is 7.30. The summed E-state index contributed by atoms with van der Waals surface area (Å²) in [6.45, 7) is 4.10. The molecule has 0 aromatic heterocycles. The Balaban J connectivity index is 2.80. The molecule has 2 atom stereocenters. The predicted octanol–water partition coefficient (Wildman–Crippen LogP) is 0.608. The van der Waals surface area contributed by atoms with Crippen molar-refractivity contribution in [2.75, 3.05) is 18.9 Å². The Hall–Kier alpha value is -3.08. The van der Waals surface area contributed by atoms with Crippen molar-refractivity contribution in [3.05, 3.63) is 29.8 Å². The molecular weight excluding hydrogens is 401 g/mol. The van der Waals surface area contributed by atoms with Crippen LogP contribution in [0.3, 0.4) is 0 Å². The third-order valence-electron chi connectivity index (χ3n) is 4.46. The topological polar surface area (TPSA) is 152 Å². The Morgan fingerprint density at radius 2 is 1.74 bits per heavy atom. The highest BCUT2D eigenvalue weighted by Crippen LogP contribution is 2.12. The minimum absolute atomic E-state index is 0.0235. The van der Waals surface area contributed by atoms with Gasteiger partial charge in [-0.05, 0) is 43.5 Å². The Morgan fingerprint density at radius 1 is 1.10 bits per heavy atom. The number of carbonyl (C=O) groups excluding carboxylic acids is 4. The second kappa shape index (κ2) is 13.3. The first-order valence-electron chi connectivity index (χ1n) is 9.97. The largest absolute Gasteiger partial charge is 0.470 e. The Bertz CT molecular complexity index is 757. The number of benzene rings is 1. The van der Waals surface area contributed by atoms with Crippen LogP contribution in [0.2, 0.25) is 0 Å². The number of carbonyl (C=O) groups is 4. The maximum absolute atomic E-state index is 12.8. The normalized spacial score (nSPS) is 12.5. The molecule has 0 spiro atoms. The molecule has 0 heterocycles. The molecule has 2 radical (unpaired) electrons. The molecule has 6 N–H and O–H groups in total. The van der Waals surface area contributed by atoms with E-state index in [0.717, 1.165) is 0 Å². The monoisotopic (exact) mass is 431 g/mol. The van der Waals surface area contributed by atoms with Crippen LogP contribution in [0.5, 0.6) is 0 Å². The van der Waals surface area contributed by atoms with Crippen molar-refractivity contribution in [1.82, 2.24) is 16.0 Å². The third kappa shape index (κ3) is 9.99. The van der Waals surface area contributed by atoms with E-state index in [1.165, 1.54) is 0 Å². The van der Waals surface area contributed by atoms with Gasteiger partial charge in [0.15, 0.2) is 0 Å². The van der Waals surface area contributed by atoms with Crippen LogP contribution in [0.15, 0.2) is 24.3 Å². The number of likely N-dealkylation sites (N-methyl/N-ethyl adjacent to an activating group) is 1. The molecule has 31 heavy (non-hydrogen) atoms. The number of nitrogens with two attached hydrogens (primary N) is 1. The van der Waals surface area contributed by atoms with Crippen LogP contribution < -0.4 is 27.0 Å². The molecule has 0 saturated carbocycles. The Kier molecular flexibility index (Phi) is 11.1. The van der Waals surface area contributed by atoms with E-state index in [1.54, 1.807) is 31.3 Å². The van der Waals surface area contributed by atoms with Gasteiger partial charge in [0.05, 0.1) is 6.04 Å². The van der Waals surface area contributed by atoms with E-state index in [0.29, 0.717) is 24.1 Å². The lowest BCUT2D eigenvalue weighted by atomic mass is 10.0. The average Bonchev–Trinajstić information content (AvgIpc) is 2.69. The molecule has 11 heteroatoms. The molecule has 0 aliphatic carbocycles. The molecule has 0 saturated heterocycles. The van der Waals surface area contributed by atoms with E-state index in [4.69, 9.17) is 18.3 Å². The number of primary amides is 1. The number of urea groups is 1. The summed E-state index contributed by atoms with van der Waals surface area (Å²) in [6, 6.07) is 4.74. The van der Waals surface area contributed by atoms with Gasteiger partial charge < -0.3 is 31.7 Å². The zero-order chi connectivity index (χ0) is 23.4. The summed E-state index contributed by atoms with van der Waals surface area (Å²) in [5, 5.41) is 10.9. The second-order valence-corrected chi connectivity index (χ2v) is 7.30. The van der Waals surface area contributed by atoms with Crippen molar-refractivity contribution in [3.8, 4) is 0 Å². The number of hydrogen-bond acceptors (Lipinski definition) is 6. The van der Waals surface area contributed by atoms with E-state index in [9.17, 15) is 19.2 Å². The standard InChI is InChI=1S/C20H30BN5O5/c1-12(2)16(23-3)18(28)26-15(5-4-10-24-20(22)30)17(27)25-14-8-6-13(7-9-14)11-31-19(21)29/h6-9,12,15-16,23H,4-5,10-11H2,1-3H3,(H,25,27)(H,26,28)(H3,22,24,30)/t15-,16?/m0/s1. The Morgan fingerprint density at radius 3 is 2.26 bits per heavy atom. The van der Waals surface area contributed by atoms with Gasteiger partial charge in [0.2, 0.25) is 25.5 Å². The highest BCUT2D eigenvalue weighted by molar-refractivity contribution is 6.55. The fourth-order valence-electron chi connectivity index (χ4n) is 2.88. The number of nitrogens with one attached hydrogen (secondary N) is 4. The molecule has 1 aromatic carbocycles. The smallest absolute Gasteiger partial charge is 0.312 e. The maximum Gasteiger partial charge on any atom is 0.312 e. The third-order valence-corrected chi connectivity index (χ3v) is 4.46. The number of hydrogen-bond donors (Lipinski definition) is 5. The van der Waals surface area contributed by atoms with Gasteiger partial charge in [0, 0.05) is 12.2 Å². The van der Waals surface area contributed by atoms with Gasteiger partial charge in [-0.2, -0.15) is 0 Å². The molecule has 0 aliphatic rings. The van der Waals surface area contributed by atoms with Crippen molar-refractivity contribution in [1.29, 1.82) is 0 Å². The van der Waals surface area contributed by atoms with Crippen molar-refractivity contribution < 1.29 is 23.9 Å². The van der Waals surface area contributed by atoms with Gasteiger partial charge in [0.25, 0.3) is 0 Å². The molecule has 0 bridgehead atoms. The van der Waals surface area contributed by atoms with Gasteiger partial charge >= 0.3 is 6.03 Å². The summed E-state index contributed by atoms with van der Waals surface area (Å²) in [4.78, 5) is 46.9. The van der Waals surface area contributed by atoms with Crippen LogP contribution in [0.1, 0.15) is 32.3 Å². The summed E-state index contributed by atoms with van der Waals surface area (Å²) in [6.07, 6.45) is 0.744. The summed E-state index contributed by atoms with van der Waals surface area (Å²) in [5.41, 5.74) is 6.26. The van der Waals surface area contributed by atoms with Gasteiger partial charge in [-0.1, -0.05) is 26.0 Å². The lowest BCUT2D eigenvalue weighted by Crippen LogP contribution is -2.52. The maximum atomic E-state index is 12.8. The van der Waals surface area contributed by atoms with Crippen molar-refractivity contribution in [3.63, 3.8) is 0 Å². The lowest BCUT2D eigenvalue weighted by molar-refractivity contribution is -0.128. The highest BCUT2D eigenvalue weighted by atomic mass is 16.5. The Labute approximate surface area is 183 Å². The van der Waals surface area contributed by atoms with E-state index in [1.807, 2.05) is 13.8 Å². The van der Waals surface area contributed by atoms with E-state index in [-0.39, 0.29) is 25.0 Å². The van der Waals surface area contributed by atoms with Crippen LogP contribution in [-0.2, 0) is 20.9 Å². The fourth-order valence-corrected chi connectivity index (χ4v) is 2.88. The van der Waals surface area contributed by atoms with Gasteiger partial charge in [0.1, 0.15) is 12.6 Å². The fraction of sp³-hybridized carbons (Fsp3) is 0.500. The number of ether oxygens (including phenoxy) is 1. The number of amides is 4. The van der Waals surface area contributed by atoms with Crippen LogP contribution in [-0.4, -0.2) is 57.2 Å². The van der Waals surface area contributed by atoms with Gasteiger partial charge in [-0.15, -0.1) is 0 Å². The first-order chi connectivity index (χ1) is 14.6. The zero-order valence-corrected chi connectivity index (χ0v) is 18.1. The SMILES string of the molecule is [B]C(=O)OCc1ccc(NC(=O)[C@H](CCCNC(N)=O)NC(=O)C(NC)C(C)C)cc1. The predicted molar refractivity (Wildman–Crippen MR) is 117 cm³/mol. The zero-order valence-electron chi connectivity index (χ0n) is 18.1. The van der Waals surface area contributed by atoms with Crippen molar-refractivity contribution >= 4 is 37.2 Å². The lowest BCUT2D eigenvalue weighted by Gasteiger charge is -2.24. The van der Waals surface area contributed by atoms with E-state index >= 15 is 0 Å². The van der Waals surface area contributed by atoms with Crippen LogP contribution >= 0.6 is 0 Å². The van der Waals surface area contributed by atoms with E-state index < -0.39 is 29.9 Å². The van der Waals surface area contributed by atoms with E-state index in [2.05, 4.69) is 21.3 Å². The summed E-state index contributed by atoms with van der Waals surface area (Å²) >= 11 is 0. The molecular formula is C20H30BN5O5. The van der Waals surface area contributed by atoms with Crippen molar-refractivity contribution in [2.24, 2.45) is 11.7 Å². The molecule has 168 valence electrons. The van der Waals surface area contributed by atoms with Gasteiger partial charge in [-0.25, -0.2) is 4.79 Å². The summed E-state index contributed by atoms with van der Waals surface area (Å²) in [7, 11) is 6.62. The minimum atomic E-state index is -0.872. The first kappa shape index (κ1) is 26.0. The summed E-state index contributed by atoms with van der Waals surface area (Å²) in [5.74, 6) is -1.53. The van der Waals surface area contributed by atoms with Crippen LogP contribution in [0.25, 0.3) is 0 Å². The first-order valence-corrected chi connectivity index (χ1v) is 9.97. The van der Waals surface area contributed by atoms with Crippen molar-refractivity contribution in [2.45, 2.75) is 45.4 Å². The minimum Gasteiger partial charge on any atom is -0.470 e. The molecule has 4 amide bonds. The highest BCUT2D eigenvalue weighted by Gasteiger charge is 2.26. The number of rotatable bonds is 12. The molecule has 0 aliphatic heterocycles. The van der Waals surface area contributed by atoms with Crippen LogP contribution in [0, 0.1) is 5.92 Å². The average molecular weight is 431 g/mol. The van der Waals surface area contributed by atoms with Crippen LogP contribution in [0.4, 0.5) is 15.3 Å². The van der Waals surface area contributed by atoms with Gasteiger partial charge in [-0.3, -0.25) is 14.4 Å².